The smallest absolute Gasteiger partial charge is 0.0771 e. The van der Waals surface area contributed by atoms with Crippen molar-refractivity contribution in [2.45, 2.75) is 71.3 Å². The molecule has 0 saturated heterocycles. The molecule has 1 aliphatic rings. The molecule has 0 aromatic heterocycles. The Labute approximate surface area is 115 Å². The Bertz CT molecular complexity index is 189. The van der Waals surface area contributed by atoms with Gasteiger partial charge < -0.3 is 4.74 Å². The normalized spacial score (nSPS) is 21.0. The van der Waals surface area contributed by atoms with Crippen LogP contribution in [-0.2, 0) is 4.74 Å². The highest BCUT2D eigenvalue weighted by Crippen LogP contribution is 2.33. The summed E-state index contributed by atoms with van der Waals surface area (Å²) >= 11 is 2.50. The van der Waals surface area contributed by atoms with E-state index in [-0.39, 0.29) is 5.60 Å². The molecule has 1 saturated carbocycles. The molecular formula is C14H27IO. The van der Waals surface area contributed by atoms with Gasteiger partial charge in [-0.3, -0.25) is 0 Å². The van der Waals surface area contributed by atoms with E-state index in [4.69, 9.17) is 4.74 Å². The monoisotopic (exact) mass is 338 g/mol. The molecule has 0 aromatic carbocycles. The quantitative estimate of drug-likeness (QED) is 0.391. The lowest BCUT2D eigenvalue weighted by atomic mass is 9.86. The Morgan fingerprint density at radius 3 is 2.25 bits per heavy atom. The number of hydrogen-bond acceptors (Lipinski definition) is 1. The number of ether oxygens (including phenoxy) is 1. The fourth-order valence-corrected chi connectivity index (χ4v) is 3.39. The number of hydrogen-bond donors (Lipinski definition) is 0. The topological polar surface area (TPSA) is 9.23 Å². The van der Waals surface area contributed by atoms with Gasteiger partial charge in [-0.25, -0.2) is 0 Å². The minimum absolute atomic E-state index is 0.233. The van der Waals surface area contributed by atoms with Crippen LogP contribution in [0, 0.1) is 5.41 Å². The molecule has 2 heteroatoms. The molecule has 1 aliphatic carbocycles. The zero-order valence-corrected chi connectivity index (χ0v) is 13.3. The molecule has 0 bridgehead atoms. The Kier molecular flexibility index (Phi) is 6.06. The summed E-state index contributed by atoms with van der Waals surface area (Å²) in [7, 11) is 0. The van der Waals surface area contributed by atoms with Crippen molar-refractivity contribution >= 4 is 22.6 Å². The molecule has 0 radical (unpaired) electrons. The van der Waals surface area contributed by atoms with E-state index < -0.39 is 0 Å². The second-order valence-corrected chi connectivity index (χ2v) is 7.15. The third-order valence-electron chi connectivity index (χ3n) is 3.49. The Balaban J connectivity index is 2.23. The first kappa shape index (κ1) is 14.7. The molecule has 0 aliphatic heterocycles. The molecule has 0 heterocycles. The third kappa shape index (κ3) is 5.35. The summed E-state index contributed by atoms with van der Waals surface area (Å²) in [6, 6.07) is 0. The molecule has 1 rings (SSSR count). The highest BCUT2D eigenvalue weighted by atomic mass is 127. The van der Waals surface area contributed by atoms with E-state index >= 15 is 0 Å². The zero-order valence-electron chi connectivity index (χ0n) is 11.2. The highest BCUT2D eigenvalue weighted by Gasteiger charge is 2.31. The fourth-order valence-electron chi connectivity index (χ4n) is 2.40. The maximum absolute atomic E-state index is 6.21. The molecule has 0 aromatic rings. The second-order valence-electron chi connectivity index (χ2n) is 6.39. The first-order valence-corrected chi connectivity index (χ1v) is 8.20. The molecule has 1 fully saturated rings. The van der Waals surface area contributed by atoms with Gasteiger partial charge in [-0.1, -0.05) is 62.6 Å². The van der Waals surface area contributed by atoms with Gasteiger partial charge in [0.05, 0.1) is 5.60 Å². The molecule has 96 valence electrons. The number of rotatable bonds is 5. The van der Waals surface area contributed by atoms with Crippen molar-refractivity contribution in [2.24, 2.45) is 5.41 Å². The lowest BCUT2D eigenvalue weighted by Crippen LogP contribution is -2.37. The lowest BCUT2D eigenvalue weighted by molar-refractivity contribution is -0.0531. The van der Waals surface area contributed by atoms with E-state index in [9.17, 15) is 0 Å². The Morgan fingerprint density at radius 1 is 1.12 bits per heavy atom. The molecule has 0 unspecified atom stereocenters. The van der Waals surface area contributed by atoms with Crippen LogP contribution in [0.2, 0.25) is 0 Å². The maximum Gasteiger partial charge on any atom is 0.0771 e. The van der Waals surface area contributed by atoms with Crippen LogP contribution in [0.4, 0.5) is 0 Å². The van der Waals surface area contributed by atoms with Gasteiger partial charge in [0.25, 0.3) is 0 Å². The van der Waals surface area contributed by atoms with Crippen molar-refractivity contribution in [1.29, 1.82) is 0 Å². The maximum atomic E-state index is 6.21. The molecular weight excluding hydrogens is 311 g/mol. The average Bonchev–Trinajstić information content (AvgIpc) is 2.25. The Hall–Kier alpha value is 0.690. The van der Waals surface area contributed by atoms with E-state index in [1.165, 1.54) is 49.4 Å². The van der Waals surface area contributed by atoms with Crippen LogP contribution in [-0.4, -0.2) is 16.6 Å². The number of halogens is 1. The predicted octanol–water partition coefficient (Wildman–Crippen LogP) is 4.97. The van der Waals surface area contributed by atoms with Crippen LogP contribution in [0.25, 0.3) is 0 Å². The summed E-state index contributed by atoms with van der Waals surface area (Å²) in [4.78, 5) is 0. The van der Waals surface area contributed by atoms with E-state index in [1.807, 2.05) is 0 Å². The zero-order chi connectivity index (χ0) is 12.1. The molecule has 0 atom stereocenters. The highest BCUT2D eigenvalue weighted by molar-refractivity contribution is 14.1. The summed E-state index contributed by atoms with van der Waals surface area (Å²) in [5.74, 6) is 0. The Morgan fingerprint density at radius 2 is 1.75 bits per heavy atom. The minimum atomic E-state index is 0.233. The van der Waals surface area contributed by atoms with E-state index in [0.29, 0.717) is 5.41 Å². The molecule has 1 nitrogen and oxygen atoms in total. The largest absolute Gasteiger partial charge is 0.374 e. The van der Waals surface area contributed by atoms with E-state index in [0.717, 1.165) is 6.61 Å². The molecule has 0 amide bonds. The fraction of sp³-hybridized carbons (Fsp3) is 1.00. The minimum Gasteiger partial charge on any atom is -0.374 e. The molecule has 16 heavy (non-hydrogen) atoms. The van der Waals surface area contributed by atoms with Gasteiger partial charge in [-0.15, -0.1) is 0 Å². The van der Waals surface area contributed by atoms with Crippen LogP contribution < -0.4 is 0 Å². The molecule has 0 N–H and O–H groups in total. The summed E-state index contributed by atoms with van der Waals surface area (Å²) < 4.78 is 7.37. The third-order valence-corrected chi connectivity index (χ3v) is 4.88. The van der Waals surface area contributed by atoms with Crippen molar-refractivity contribution < 1.29 is 4.74 Å². The van der Waals surface area contributed by atoms with Crippen LogP contribution in [0.5, 0.6) is 0 Å². The SMILES string of the molecule is CC(C)(C)CCCOC1(CI)CCCCC1. The van der Waals surface area contributed by atoms with Crippen molar-refractivity contribution in [3.05, 3.63) is 0 Å². The lowest BCUT2D eigenvalue weighted by Gasteiger charge is -2.36. The summed E-state index contributed by atoms with van der Waals surface area (Å²) in [5.41, 5.74) is 0.685. The standard InChI is InChI=1S/C14H27IO/c1-13(2,3)8-7-11-16-14(12-15)9-5-4-6-10-14/h4-12H2,1-3H3. The van der Waals surface area contributed by atoms with Crippen LogP contribution in [0.3, 0.4) is 0 Å². The van der Waals surface area contributed by atoms with Crippen molar-refractivity contribution in [2.75, 3.05) is 11.0 Å². The van der Waals surface area contributed by atoms with E-state index in [1.54, 1.807) is 0 Å². The van der Waals surface area contributed by atoms with Gasteiger partial charge in [0.15, 0.2) is 0 Å². The van der Waals surface area contributed by atoms with Crippen molar-refractivity contribution in [1.82, 2.24) is 0 Å². The van der Waals surface area contributed by atoms with Crippen LogP contribution in [0.1, 0.15) is 65.7 Å². The second kappa shape index (κ2) is 6.58. The first-order chi connectivity index (χ1) is 7.47. The van der Waals surface area contributed by atoms with Crippen molar-refractivity contribution in [3.8, 4) is 0 Å². The van der Waals surface area contributed by atoms with Gasteiger partial charge >= 0.3 is 0 Å². The summed E-state index contributed by atoms with van der Waals surface area (Å²) in [5, 5.41) is 0. The molecule has 0 spiro atoms. The van der Waals surface area contributed by atoms with E-state index in [2.05, 4.69) is 43.4 Å². The van der Waals surface area contributed by atoms with Crippen molar-refractivity contribution in [3.63, 3.8) is 0 Å². The van der Waals surface area contributed by atoms with Crippen LogP contribution >= 0.6 is 22.6 Å². The van der Waals surface area contributed by atoms with Gasteiger partial charge in [0, 0.05) is 11.0 Å². The van der Waals surface area contributed by atoms with Gasteiger partial charge in [0.2, 0.25) is 0 Å². The first-order valence-electron chi connectivity index (χ1n) is 6.67. The van der Waals surface area contributed by atoms with Gasteiger partial charge in [-0.2, -0.15) is 0 Å². The van der Waals surface area contributed by atoms with Gasteiger partial charge in [-0.05, 0) is 31.1 Å². The average molecular weight is 338 g/mol. The summed E-state index contributed by atoms with van der Waals surface area (Å²) in [6.07, 6.45) is 9.18. The predicted molar refractivity (Wildman–Crippen MR) is 79.3 cm³/mol. The summed E-state index contributed by atoms with van der Waals surface area (Å²) in [6.45, 7) is 7.88. The number of alkyl halides is 1. The van der Waals surface area contributed by atoms with Gasteiger partial charge in [0.1, 0.15) is 0 Å². The van der Waals surface area contributed by atoms with Crippen LogP contribution in [0.15, 0.2) is 0 Å².